The summed E-state index contributed by atoms with van der Waals surface area (Å²) in [5.41, 5.74) is 1.95. The van der Waals surface area contributed by atoms with Crippen molar-refractivity contribution in [1.82, 2.24) is 15.5 Å². The van der Waals surface area contributed by atoms with Crippen molar-refractivity contribution in [2.75, 3.05) is 13.2 Å². The lowest BCUT2D eigenvalue weighted by Crippen LogP contribution is -2.26. The van der Waals surface area contributed by atoms with E-state index < -0.39 is 0 Å². The van der Waals surface area contributed by atoms with Gasteiger partial charge in [0.15, 0.2) is 5.76 Å². The van der Waals surface area contributed by atoms with Crippen LogP contribution in [0.25, 0.3) is 22.6 Å². The zero-order valence-electron chi connectivity index (χ0n) is 14.5. The molecule has 0 atom stereocenters. The number of amides is 1. The second kappa shape index (κ2) is 7.48. The molecule has 0 aliphatic rings. The number of nitrogens with zero attached hydrogens (tertiary/aromatic N) is 2. The molecule has 7 nitrogen and oxygen atoms in total. The Kier molecular flexibility index (Phi) is 5.14. The zero-order chi connectivity index (χ0) is 17.8. The fourth-order valence-electron chi connectivity index (χ4n) is 2.51. The van der Waals surface area contributed by atoms with Crippen LogP contribution in [0.4, 0.5) is 0 Å². The van der Waals surface area contributed by atoms with Crippen LogP contribution in [-0.4, -0.2) is 35.3 Å². The lowest BCUT2D eigenvalue weighted by molar-refractivity contribution is 0.0757. The maximum Gasteiger partial charge on any atom is 0.259 e. The van der Waals surface area contributed by atoms with Crippen LogP contribution in [0.2, 0.25) is 0 Å². The SMILES string of the molecule is Cc1noc2nc(-c3ccco3)cc(C(=O)NCCCOC(C)C)c12. The Labute approximate surface area is 145 Å². The molecule has 0 aromatic carbocycles. The van der Waals surface area contributed by atoms with Gasteiger partial charge >= 0.3 is 0 Å². The van der Waals surface area contributed by atoms with Crippen LogP contribution >= 0.6 is 0 Å². The molecule has 0 saturated heterocycles. The van der Waals surface area contributed by atoms with Gasteiger partial charge < -0.3 is 19.0 Å². The molecule has 0 bridgehead atoms. The fourth-order valence-corrected chi connectivity index (χ4v) is 2.51. The van der Waals surface area contributed by atoms with Crippen molar-refractivity contribution in [3.05, 3.63) is 35.7 Å². The minimum Gasteiger partial charge on any atom is -0.463 e. The Morgan fingerprint density at radius 2 is 2.24 bits per heavy atom. The summed E-state index contributed by atoms with van der Waals surface area (Å²) < 4.78 is 16.1. The number of aryl methyl sites for hydroxylation is 1. The third-order valence-electron chi connectivity index (χ3n) is 3.69. The molecule has 7 heteroatoms. The van der Waals surface area contributed by atoms with Gasteiger partial charge in [-0.2, -0.15) is 0 Å². The molecule has 3 aromatic heterocycles. The first-order chi connectivity index (χ1) is 12.1. The second-order valence-corrected chi connectivity index (χ2v) is 6.01. The minimum absolute atomic E-state index is 0.186. The van der Waals surface area contributed by atoms with Crippen molar-refractivity contribution in [3.8, 4) is 11.5 Å². The molecule has 0 fully saturated rings. The van der Waals surface area contributed by atoms with Crippen molar-refractivity contribution in [3.63, 3.8) is 0 Å². The van der Waals surface area contributed by atoms with Gasteiger partial charge in [-0.05, 0) is 45.4 Å². The predicted molar refractivity (Wildman–Crippen MR) is 92.3 cm³/mol. The van der Waals surface area contributed by atoms with Gasteiger partial charge in [-0.25, -0.2) is 4.98 Å². The minimum atomic E-state index is -0.198. The molecule has 1 amide bonds. The van der Waals surface area contributed by atoms with Crippen LogP contribution in [0, 0.1) is 6.92 Å². The third-order valence-corrected chi connectivity index (χ3v) is 3.69. The molecule has 0 unspecified atom stereocenters. The fraction of sp³-hybridized carbons (Fsp3) is 0.389. The van der Waals surface area contributed by atoms with E-state index in [4.69, 9.17) is 13.7 Å². The molecule has 25 heavy (non-hydrogen) atoms. The highest BCUT2D eigenvalue weighted by Crippen LogP contribution is 2.27. The van der Waals surface area contributed by atoms with E-state index >= 15 is 0 Å². The molecule has 0 aliphatic heterocycles. The van der Waals surface area contributed by atoms with Gasteiger partial charge in [-0.15, -0.1) is 0 Å². The van der Waals surface area contributed by atoms with Gasteiger partial charge in [0.25, 0.3) is 11.6 Å². The van der Waals surface area contributed by atoms with E-state index in [1.54, 1.807) is 31.4 Å². The maximum absolute atomic E-state index is 12.6. The monoisotopic (exact) mass is 343 g/mol. The first-order valence-electron chi connectivity index (χ1n) is 8.27. The maximum atomic E-state index is 12.6. The summed E-state index contributed by atoms with van der Waals surface area (Å²) in [6.45, 7) is 6.88. The van der Waals surface area contributed by atoms with Crippen LogP contribution in [0.1, 0.15) is 36.3 Å². The highest BCUT2D eigenvalue weighted by atomic mass is 16.5. The average Bonchev–Trinajstić information content (AvgIpc) is 3.23. The van der Waals surface area contributed by atoms with Crippen molar-refractivity contribution in [2.45, 2.75) is 33.3 Å². The van der Waals surface area contributed by atoms with Gasteiger partial charge in [0.05, 0.1) is 29.0 Å². The number of furan rings is 1. The van der Waals surface area contributed by atoms with Crippen LogP contribution in [-0.2, 0) is 4.74 Å². The van der Waals surface area contributed by atoms with Gasteiger partial charge in [0.2, 0.25) is 0 Å². The normalized spacial score (nSPS) is 11.4. The number of hydrogen-bond donors (Lipinski definition) is 1. The van der Waals surface area contributed by atoms with Crippen molar-refractivity contribution in [2.24, 2.45) is 0 Å². The Morgan fingerprint density at radius 3 is 2.96 bits per heavy atom. The van der Waals surface area contributed by atoms with Gasteiger partial charge in [-0.3, -0.25) is 4.79 Å². The standard InChI is InChI=1S/C18H21N3O4/c1-11(2)23-9-5-7-19-17(22)13-10-14(15-6-4-8-24-15)20-18-16(13)12(3)21-25-18/h4,6,8,10-11H,5,7,9H2,1-3H3,(H,19,22). The van der Waals surface area contributed by atoms with Gasteiger partial charge in [0, 0.05) is 13.2 Å². The lowest BCUT2D eigenvalue weighted by atomic mass is 10.1. The van der Waals surface area contributed by atoms with Crippen molar-refractivity contribution < 1.29 is 18.5 Å². The summed E-state index contributed by atoms with van der Waals surface area (Å²) in [6.07, 6.45) is 2.48. The number of carbonyl (C=O) groups is 1. The summed E-state index contributed by atoms with van der Waals surface area (Å²) >= 11 is 0. The van der Waals surface area contributed by atoms with Crippen molar-refractivity contribution >= 4 is 17.0 Å². The summed E-state index contributed by atoms with van der Waals surface area (Å²) in [5.74, 6) is 0.367. The molecule has 3 aromatic rings. The van der Waals surface area contributed by atoms with Crippen LogP contribution < -0.4 is 5.32 Å². The smallest absolute Gasteiger partial charge is 0.259 e. The molecule has 0 aliphatic carbocycles. The zero-order valence-corrected chi connectivity index (χ0v) is 14.5. The summed E-state index contributed by atoms with van der Waals surface area (Å²) in [7, 11) is 0. The molecule has 3 heterocycles. The molecule has 0 saturated carbocycles. The van der Waals surface area contributed by atoms with Crippen LogP contribution in [0.3, 0.4) is 0 Å². The number of ether oxygens (including phenoxy) is 1. The van der Waals surface area contributed by atoms with E-state index in [2.05, 4.69) is 15.5 Å². The van der Waals surface area contributed by atoms with E-state index in [-0.39, 0.29) is 12.0 Å². The summed E-state index contributed by atoms with van der Waals surface area (Å²) in [6, 6.07) is 5.25. The Balaban J connectivity index is 1.81. The Hall–Kier alpha value is -2.67. The molecule has 132 valence electrons. The third kappa shape index (κ3) is 3.88. The molecular weight excluding hydrogens is 322 g/mol. The summed E-state index contributed by atoms with van der Waals surface area (Å²) in [4.78, 5) is 17.0. The number of hydrogen-bond acceptors (Lipinski definition) is 6. The predicted octanol–water partition coefficient (Wildman–Crippen LogP) is 3.34. The first-order valence-corrected chi connectivity index (χ1v) is 8.27. The van der Waals surface area contributed by atoms with Crippen LogP contribution in [0.5, 0.6) is 0 Å². The number of carbonyl (C=O) groups excluding carboxylic acids is 1. The highest BCUT2D eigenvalue weighted by molar-refractivity contribution is 6.06. The van der Waals surface area contributed by atoms with Crippen LogP contribution in [0.15, 0.2) is 33.4 Å². The first kappa shape index (κ1) is 17.2. The topological polar surface area (TPSA) is 90.4 Å². The van der Waals surface area contributed by atoms with E-state index in [1.807, 2.05) is 13.8 Å². The van der Waals surface area contributed by atoms with Crippen molar-refractivity contribution in [1.29, 1.82) is 0 Å². The van der Waals surface area contributed by atoms with E-state index in [1.165, 1.54) is 0 Å². The lowest BCUT2D eigenvalue weighted by Gasteiger charge is -2.09. The Morgan fingerprint density at radius 1 is 1.40 bits per heavy atom. The molecular formula is C18H21N3O4. The van der Waals surface area contributed by atoms with E-state index in [9.17, 15) is 4.79 Å². The van der Waals surface area contributed by atoms with E-state index in [0.717, 1.165) is 6.42 Å². The number of nitrogens with one attached hydrogen (secondary N) is 1. The number of fused-ring (bicyclic) bond motifs is 1. The second-order valence-electron chi connectivity index (χ2n) is 6.01. The molecule has 0 radical (unpaired) electrons. The number of aromatic nitrogens is 2. The molecule has 0 spiro atoms. The van der Waals surface area contributed by atoms with Gasteiger partial charge in [0.1, 0.15) is 5.69 Å². The largest absolute Gasteiger partial charge is 0.463 e. The number of pyridine rings is 1. The average molecular weight is 343 g/mol. The molecule has 1 N–H and O–H groups in total. The highest BCUT2D eigenvalue weighted by Gasteiger charge is 2.19. The number of rotatable bonds is 7. The van der Waals surface area contributed by atoms with Gasteiger partial charge in [-0.1, -0.05) is 5.16 Å². The quantitative estimate of drug-likeness (QED) is 0.662. The Bertz CT molecular complexity index is 853. The summed E-state index contributed by atoms with van der Waals surface area (Å²) in [5, 5.41) is 7.45. The molecule has 3 rings (SSSR count). The van der Waals surface area contributed by atoms with E-state index in [0.29, 0.717) is 47.0 Å².